The third-order valence-corrected chi connectivity index (χ3v) is 6.58. The fourth-order valence-electron chi connectivity index (χ4n) is 3.87. The highest BCUT2D eigenvalue weighted by molar-refractivity contribution is 7.15. The molecular formula is C22H28N4O3S. The normalized spacial score (nSPS) is 17.2. The van der Waals surface area contributed by atoms with E-state index in [1.165, 1.54) is 29.1 Å². The molecule has 2 aromatic rings. The summed E-state index contributed by atoms with van der Waals surface area (Å²) in [5.41, 5.74) is 1.48. The highest BCUT2D eigenvalue weighted by Gasteiger charge is 2.21. The first-order valence-electron chi connectivity index (χ1n) is 10.6. The number of likely N-dealkylation sites (tertiary alicyclic amines) is 1. The van der Waals surface area contributed by atoms with Crippen molar-refractivity contribution in [3.05, 3.63) is 40.4 Å². The van der Waals surface area contributed by atoms with Gasteiger partial charge >= 0.3 is 0 Å². The molecule has 2 amide bonds. The lowest BCUT2D eigenvalue weighted by atomic mass is 10.2. The van der Waals surface area contributed by atoms with Crippen LogP contribution in [0.3, 0.4) is 0 Å². The summed E-state index contributed by atoms with van der Waals surface area (Å²) in [6.45, 7) is 3.36. The molecule has 0 atom stereocenters. The molecule has 0 aliphatic carbocycles. The van der Waals surface area contributed by atoms with Crippen LogP contribution in [0.25, 0.3) is 0 Å². The van der Waals surface area contributed by atoms with Gasteiger partial charge in [0, 0.05) is 37.5 Å². The van der Waals surface area contributed by atoms with Crippen LogP contribution in [0.15, 0.2) is 24.3 Å². The zero-order valence-corrected chi connectivity index (χ0v) is 18.2. The van der Waals surface area contributed by atoms with Crippen LogP contribution in [-0.2, 0) is 17.8 Å². The van der Waals surface area contributed by atoms with Gasteiger partial charge in [0.25, 0.3) is 11.8 Å². The Morgan fingerprint density at radius 2 is 1.90 bits per heavy atom. The fourth-order valence-corrected chi connectivity index (χ4v) is 4.96. The van der Waals surface area contributed by atoms with Crippen molar-refractivity contribution in [2.45, 2.75) is 38.6 Å². The number of benzene rings is 1. The number of likely N-dealkylation sites (N-methyl/N-ethyl adjacent to an activating group) is 1. The van der Waals surface area contributed by atoms with Gasteiger partial charge in [0.1, 0.15) is 5.75 Å². The van der Waals surface area contributed by atoms with Gasteiger partial charge in [0.05, 0.1) is 11.3 Å². The molecule has 0 bridgehead atoms. The van der Waals surface area contributed by atoms with Gasteiger partial charge in [-0.1, -0.05) is 25.0 Å². The summed E-state index contributed by atoms with van der Waals surface area (Å²) in [6.07, 6.45) is 5.32. The topological polar surface area (TPSA) is 74.8 Å². The monoisotopic (exact) mass is 428 g/mol. The second kappa shape index (κ2) is 9.57. The van der Waals surface area contributed by atoms with E-state index in [1.807, 2.05) is 4.90 Å². The molecule has 160 valence electrons. The number of amides is 2. The molecule has 0 radical (unpaired) electrons. The minimum atomic E-state index is -0.271. The minimum Gasteiger partial charge on any atom is -0.483 e. The predicted octanol–water partition coefficient (Wildman–Crippen LogP) is 3.16. The zero-order chi connectivity index (χ0) is 20.9. The first kappa shape index (κ1) is 20.8. The summed E-state index contributed by atoms with van der Waals surface area (Å²) < 4.78 is 5.77. The second-order valence-corrected chi connectivity index (χ2v) is 8.99. The number of thiazole rings is 1. The van der Waals surface area contributed by atoms with E-state index in [0.717, 1.165) is 51.1 Å². The van der Waals surface area contributed by atoms with Crippen molar-refractivity contribution in [3.8, 4) is 5.75 Å². The lowest BCUT2D eigenvalue weighted by Crippen LogP contribution is -2.35. The minimum absolute atomic E-state index is 0.0242. The van der Waals surface area contributed by atoms with Crippen LogP contribution in [0, 0.1) is 0 Å². The fraction of sp³-hybridized carbons (Fsp3) is 0.500. The number of anilines is 1. The molecule has 0 spiro atoms. The highest BCUT2D eigenvalue weighted by Crippen LogP contribution is 2.29. The maximum atomic E-state index is 12.9. The number of aromatic nitrogens is 1. The number of nitrogens with one attached hydrogen (secondary N) is 1. The van der Waals surface area contributed by atoms with Crippen molar-refractivity contribution in [1.82, 2.24) is 14.8 Å². The van der Waals surface area contributed by atoms with E-state index in [0.29, 0.717) is 16.4 Å². The quantitative estimate of drug-likeness (QED) is 0.792. The largest absolute Gasteiger partial charge is 0.483 e. The summed E-state index contributed by atoms with van der Waals surface area (Å²) in [5, 5.41) is 3.51. The molecule has 0 unspecified atom stereocenters. The number of para-hydroxylation sites is 1. The van der Waals surface area contributed by atoms with Crippen molar-refractivity contribution in [2.75, 3.05) is 38.6 Å². The zero-order valence-electron chi connectivity index (χ0n) is 17.4. The number of nitrogens with zero attached hydrogens (tertiary/aromatic N) is 3. The molecule has 1 saturated heterocycles. The highest BCUT2D eigenvalue weighted by atomic mass is 32.1. The molecular weight excluding hydrogens is 400 g/mol. The van der Waals surface area contributed by atoms with Crippen molar-refractivity contribution in [2.24, 2.45) is 0 Å². The summed E-state index contributed by atoms with van der Waals surface area (Å²) in [6, 6.07) is 7.04. The Hall–Kier alpha value is -2.45. The van der Waals surface area contributed by atoms with Crippen molar-refractivity contribution in [1.29, 1.82) is 0 Å². The maximum absolute atomic E-state index is 12.9. The smallest absolute Gasteiger partial charge is 0.261 e. The first-order chi connectivity index (χ1) is 14.6. The van der Waals surface area contributed by atoms with E-state index in [9.17, 15) is 9.59 Å². The number of ether oxygens (including phenoxy) is 1. The molecule has 1 N–H and O–H groups in total. The second-order valence-electron chi connectivity index (χ2n) is 7.91. The van der Waals surface area contributed by atoms with E-state index in [-0.39, 0.29) is 18.4 Å². The van der Waals surface area contributed by atoms with Gasteiger partial charge in [-0.2, -0.15) is 0 Å². The third-order valence-electron chi connectivity index (χ3n) is 5.58. The molecule has 2 aliphatic heterocycles. The van der Waals surface area contributed by atoms with Gasteiger partial charge in [0.2, 0.25) is 0 Å². The molecule has 4 rings (SSSR count). The molecule has 30 heavy (non-hydrogen) atoms. The molecule has 1 fully saturated rings. The van der Waals surface area contributed by atoms with Crippen molar-refractivity contribution < 1.29 is 14.3 Å². The lowest BCUT2D eigenvalue weighted by Gasteiger charge is -2.20. The molecule has 3 heterocycles. The molecule has 7 nitrogen and oxygen atoms in total. The van der Waals surface area contributed by atoms with Gasteiger partial charge in [-0.3, -0.25) is 14.9 Å². The molecule has 1 aromatic heterocycles. The molecule has 2 aliphatic rings. The van der Waals surface area contributed by atoms with Gasteiger partial charge in [-0.15, -0.1) is 11.3 Å². The van der Waals surface area contributed by atoms with Gasteiger partial charge in [0.15, 0.2) is 11.7 Å². The van der Waals surface area contributed by atoms with Gasteiger partial charge in [-0.05, 0) is 32.0 Å². The Morgan fingerprint density at radius 3 is 2.70 bits per heavy atom. The van der Waals surface area contributed by atoms with Crippen LogP contribution in [0.4, 0.5) is 5.13 Å². The summed E-state index contributed by atoms with van der Waals surface area (Å²) in [4.78, 5) is 35.3. The Labute approximate surface area is 181 Å². The van der Waals surface area contributed by atoms with Crippen molar-refractivity contribution >= 4 is 28.3 Å². The molecule has 8 heteroatoms. The van der Waals surface area contributed by atoms with Crippen LogP contribution in [-0.4, -0.2) is 59.9 Å². The number of carbonyl (C=O) groups is 2. The van der Waals surface area contributed by atoms with Crippen LogP contribution in [0.2, 0.25) is 0 Å². The average Bonchev–Trinajstić information content (AvgIpc) is 2.95. The Morgan fingerprint density at radius 1 is 1.13 bits per heavy atom. The average molecular weight is 429 g/mol. The third kappa shape index (κ3) is 4.99. The number of rotatable bonds is 5. The lowest BCUT2D eigenvalue weighted by molar-refractivity contribution is -0.133. The van der Waals surface area contributed by atoms with Crippen LogP contribution in [0.5, 0.6) is 5.75 Å². The van der Waals surface area contributed by atoms with Crippen LogP contribution < -0.4 is 10.1 Å². The molecule has 0 saturated carbocycles. The Kier molecular flexibility index (Phi) is 6.64. The standard InChI is InChI=1S/C22H28N4O3S/c1-25-13-10-17-19(14-25)30-22(23-17)24-21(28)16-8-4-5-9-18(16)29-15-20(27)26-11-6-2-3-7-12-26/h4-5,8-9H,2-3,6-7,10-15H2,1H3,(H,23,24,28). The van der Waals surface area contributed by atoms with E-state index >= 15 is 0 Å². The van der Waals surface area contributed by atoms with E-state index in [1.54, 1.807) is 24.3 Å². The Balaban J connectivity index is 1.40. The summed E-state index contributed by atoms with van der Waals surface area (Å²) >= 11 is 1.52. The molecule has 1 aromatic carbocycles. The summed E-state index contributed by atoms with van der Waals surface area (Å²) in [5.74, 6) is 0.121. The Bertz CT molecular complexity index is 906. The first-order valence-corrected chi connectivity index (χ1v) is 11.4. The van der Waals surface area contributed by atoms with E-state index in [4.69, 9.17) is 4.74 Å². The van der Waals surface area contributed by atoms with E-state index in [2.05, 4.69) is 22.2 Å². The number of hydrogen-bond acceptors (Lipinski definition) is 6. The van der Waals surface area contributed by atoms with E-state index < -0.39 is 0 Å². The predicted molar refractivity (Wildman–Crippen MR) is 117 cm³/mol. The number of hydrogen-bond donors (Lipinski definition) is 1. The van der Waals surface area contributed by atoms with Crippen LogP contribution in [0.1, 0.15) is 46.6 Å². The van der Waals surface area contributed by atoms with Crippen LogP contribution >= 0.6 is 11.3 Å². The van der Waals surface area contributed by atoms with Gasteiger partial charge < -0.3 is 14.5 Å². The summed E-state index contributed by atoms with van der Waals surface area (Å²) in [7, 11) is 2.08. The maximum Gasteiger partial charge on any atom is 0.261 e. The SMILES string of the molecule is CN1CCc2nc(NC(=O)c3ccccc3OCC(=O)N3CCCCCC3)sc2C1. The van der Waals surface area contributed by atoms with Crippen molar-refractivity contribution in [3.63, 3.8) is 0 Å². The van der Waals surface area contributed by atoms with Gasteiger partial charge in [-0.25, -0.2) is 4.98 Å². The number of carbonyl (C=O) groups excluding carboxylic acids is 2. The number of fused-ring (bicyclic) bond motifs is 1.